The van der Waals surface area contributed by atoms with Gasteiger partial charge in [-0.2, -0.15) is 11.8 Å². The Bertz CT molecular complexity index is 1180. The van der Waals surface area contributed by atoms with Crippen LogP contribution in [0.3, 0.4) is 0 Å². The number of hydrogen-bond donors (Lipinski definition) is 6. The molecule has 47 heavy (non-hydrogen) atoms. The second-order valence-electron chi connectivity index (χ2n) is 11.8. The smallest absolute Gasteiger partial charge is 0.273 e. The monoisotopic (exact) mass is 670 g/mol. The molecule has 0 aliphatic carbocycles. The van der Waals surface area contributed by atoms with Gasteiger partial charge in [0.05, 0.1) is 11.1 Å². The fourth-order valence-corrected chi connectivity index (χ4v) is 6.10. The maximum Gasteiger partial charge on any atom is 0.273 e. The molecule has 0 fully saturated rings. The lowest BCUT2D eigenvalue weighted by Gasteiger charge is -2.13. The fraction of sp³-hybridized carbons (Fsp3) is 0.556. The molecular weight excluding hydrogens is 616 g/mol. The molecule has 0 spiro atoms. The van der Waals surface area contributed by atoms with E-state index in [1.54, 1.807) is 12.1 Å². The minimum Gasteiger partial charge on any atom is -0.507 e. The van der Waals surface area contributed by atoms with Crippen LogP contribution in [0.5, 0.6) is 11.5 Å². The Morgan fingerprint density at radius 2 is 0.936 bits per heavy atom. The number of aromatic hydroxyl groups is 2. The van der Waals surface area contributed by atoms with E-state index in [9.17, 15) is 29.4 Å². The quantitative estimate of drug-likeness (QED) is 0.0606. The van der Waals surface area contributed by atoms with Crippen LogP contribution in [0, 0.1) is 0 Å². The van der Waals surface area contributed by atoms with Crippen molar-refractivity contribution >= 4 is 35.4 Å². The van der Waals surface area contributed by atoms with Crippen LogP contribution in [0.15, 0.2) is 36.4 Å². The summed E-state index contributed by atoms with van der Waals surface area (Å²) in [5, 5.41) is 20.6. The van der Waals surface area contributed by atoms with Gasteiger partial charge in [-0.15, -0.1) is 0 Å². The summed E-state index contributed by atoms with van der Waals surface area (Å²) in [6.45, 7) is 4.35. The van der Waals surface area contributed by atoms with E-state index in [1.807, 2.05) is 12.1 Å². The van der Waals surface area contributed by atoms with Gasteiger partial charge in [-0.1, -0.05) is 102 Å². The molecule has 2 aromatic rings. The van der Waals surface area contributed by atoms with Gasteiger partial charge in [0, 0.05) is 24.3 Å². The minimum absolute atomic E-state index is 0.114. The molecular formula is C36H54N4O6S. The van der Waals surface area contributed by atoms with Gasteiger partial charge in [0.25, 0.3) is 11.8 Å². The van der Waals surface area contributed by atoms with Crippen molar-refractivity contribution in [3.63, 3.8) is 0 Å². The van der Waals surface area contributed by atoms with Crippen molar-refractivity contribution in [3.8, 4) is 11.5 Å². The van der Waals surface area contributed by atoms with Crippen LogP contribution >= 0.6 is 11.8 Å². The summed E-state index contributed by atoms with van der Waals surface area (Å²) in [5.41, 5.74) is 11.4. The van der Waals surface area contributed by atoms with Gasteiger partial charge >= 0.3 is 0 Å². The van der Waals surface area contributed by atoms with Crippen molar-refractivity contribution in [1.82, 2.24) is 21.7 Å². The zero-order valence-corrected chi connectivity index (χ0v) is 28.9. The number of rotatable bonds is 22. The Balaban J connectivity index is 1.66. The summed E-state index contributed by atoms with van der Waals surface area (Å²) < 4.78 is 0. The third-order valence-electron chi connectivity index (χ3n) is 7.89. The number of phenolic OH excluding ortho intramolecular Hbond substituents is 2. The van der Waals surface area contributed by atoms with Crippen molar-refractivity contribution in [2.75, 3.05) is 11.5 Å². The average Bonchev–Trinajstić information content (AvgIpc) is 3.05. The Morgan fingerprint density at radius 1 is 0.553 bits per heavy atom. The number of amides is 4. The van der Waals surface area contributed by atoms with E-state index in [0.29, 0.717) is 24.3 Å². The molecule has 2 aromatic carbocycles. The van der Waals surface area contributed by atoms with E-state index in [4.69, 9.17) is 0 Å². The number of thioether (sulfide) groups is 1. The third-order valence-corrected chi connectivity index (χ3v) is 8.87. The first-order chi connectivity index (χ1) is 22.8. The van der Waals surface area contributed by atoms with E-state index in [2.05, 4.69) is 35.6 Å². The number of carbonyl (C=O) groups is 4. The van der Waals surface area contributed by atoms with E-state index in [0.717, 1.165) is 49.7 Å². The standard InChI is InChI=1S/C36H54N4O6S/c1-3-5-7-9-11-13-17-27-19-15-21-29(41)33(27)35(45)39-37-31(43)23-25-47-26-24-32(44)38-40-36(46)34-28(20-16-22-30(34)42)18-14-12-10-8-6-4-2/h15-16,19-22,41-42H,3-14,17-18,23-26H2,1-2H3,(H,37,43)(H,38,44)(H,39,45)(H,40,46). The Hall–Kier alpha value is -3.73. The van der Waals surface area contributed by atoms with Gasteiger partial charge in [0.1, 0.15) is 11.5 Å². The summed E-state index contributed by atoms with van der Waals surface area (Å²) in [6.07, 6.45) is 15.0. The SMILES string of the molecule is CCCCCCCCc1cccc(O)c1C(=O)NNC(=O)CCSCCC(=O)NNC(=O)c1c(O)cccc1CCCCCCCC. The molecule has 11 heteroatoms. The Labute approximate surface area is 284 Å². The number of aryl methyl sites for hydroxylation is 2. The molecule has 6 N–H and O–H groups in total. The molecule has 4 amide bonds. The second kappa shape index (κ2) is 23.6. The van der Waals surface area contributed by atoms with E-state index >= 15 is 0 Å². The van der Waals surface area contributed by atoms with Gasteiger partial charge in [0.15, 0.2) is 0 Å². The van der Waals surface area contributed by atoms with Crippen molar-refractivity contribution < 1.29 is 29.4 Å². The second-order valence-corrected chi connectivity index (χ2v) is 13.0. The summed E-state index contributed by atoms with van der Waals surface area (Å²) >= 11 is 1.39. The first kappa shape index (κ1) is 39.4. The molecule has 0 aromatic heterocycles. The molecule has 0 aliphatic heterocycles. The molecule has 0 heterocycles. The van der Waals surface area contributed by atoms with Gasteiger partial charge in [-0.3, -0.25) is 40.9 Å². The lowest BCUT2D eigenvalue weighted by molar-refractivity contribution is -0.122. The highest BCUT2D eigenvalue weighted by Gasteiger charge is 2.18. The number of nitrogens with one attached hydrogen (secondary N) is 4. The number of hydrogen-bond acceptors (Lipinski definition) is 7. The van der Waals surface area contributed by atoms with Crippen LogP contribution < -0.4 is 21.7 Å². The normalized spacial score (nSPS) is 10.8. The van der Waals surface area contributed by atoms with Gasteiger partial charge in [-0.05, 0) is 48.9 Å². The number of phenols is 2. The lowest BCUT2D eigenvalue weighted by Crippen LogP contribution is -2.42. The first-order valence-corrected chi connectivity index (χ1v) is 18.3. The zero-order chi connectivity index (χ0) is 34.3. The van der Waals surface area contributed by atoms with Crippen LogP contribution in [0.1, 0.15) is 136 Å². The molecule has 0 bridgehead atoms. The number of carbonyl (C=O) groups excluding carboxylic acids is 4. The fourth-order valence-electron chi connectivity index (χ4n) is 5.24. The van der Waals surface area contributed by atoms with Crippen molar-refractivity contribution in [2.45, 2.75) is 117 Å². The number of hydrazine groups is 2. The molecule has 10 nitrogen and oxygen atoms in total. The summed E-state index contributed by atoms with van der Waals surface area (Å²) in [4.78, 5) is 50.1. The van der Waals surface area contributed by atoms with Crippen LogP contribution in [0.2, 0.25) is 0 Å². The van der Waals surface area contributed by atoms with Crippen LogP contribution in [-0.4, -0.2) is 45.3 Å². The first-order valence-electron chi connectivity index (χ1n) is 17.2. The number of unbranched alkanes of at least 4 members (excludes halogenated alkanes) is 10. The van der Waals surface area contributed by atoms with Crippen LogP contribution in [-0.2, 0) is 22.4 Å². The number of benzene rings is 2. The summed E-state index contributed by atoms with van der Waals surface area (Å²) in [6, 6.07) is 9.98. The highest BCUT2D eigenvalue weighted by Crippen LogP contribution is 2.24. The van der Waals surface area contributed by atoms with Crippen molar-refractivity contribution in [1.29, 1.82) is 0 Å². The largest absolute Gasteiger partial charge is 0.507 e. The molecule has 0 atom stereocenters. The highest BCUT2D eigenvalue weighted by atomic mass is 32.2. The zero-order valence-electron chi connectivity index (χ0n) is 28.1. The van der Waals surface area contributed by atoms with Gasteiger partial charge in [-0.25, -0.2) is 0 Å². The predicted octanol–water partition coefficient (Wildman–Crippen LogP) is 6.64. The molecule has 0 saturated heterocycles. The molecule has 2 rings (SSSR count). The highest BCUT2D eigenvalue weighted by molar-refractivity contribution is 7.99. The average molecular weight is 671 g/mol. The minimum atomic E-state index is -0.567. The molecule has 0 radical (unpaired) electrons. The maximum absolute atomic E-state index is 12.8. The molecule has 0 unspecified atom stereocenters. The topological polar surface area (TPSA) is 157 Å². The van der Waals surface area contributed by atoms with Gasteiger partial charge in [0.2, 0.25) is 11.8 Å². The predicted molar refractivity (Wildman–Crippen MR) is 188 cm³/mol. The van der Waals surface area contributed by atoms with Gasteiger partial charge < -0.3 is 10.2 Å². The molecule has 0 aliphatic rings. The molecule has 0 saturated carbocycles. The van der Waals surface area contributed by atoms with Crippen molar-refractivity contribution in [2.24, 2.45) is 0 Å². The summed E-state index contributed by atoms with van der Waals surface area (Å²) in [7, 11) is 0. The van der Waals surface area contributed by atoms with Crippen LogP contribution in [0.4, 0.5) is 0 Å². The van der Waals surface area contributed by atoms with Crippen LogP contribution in [0.25, 0.3) is 0 Å². The third kappa shape index (κ3) is 15.6. The lowest BCUT2D eigenvalue weighted by atomic mass is 9.99. The Kier molecular flexibility index (Phi) is 19.8. The maximum atomic E-state index is 12.8. The van der Waals surface area contributed by atoms with Crippen molar-refractivity contribution in [3.05, 3.63) is 58.7 Å². The Morgan fingerprint density at radius 3 is 1.34 bits per heavy atom. The van der Waals surface area contributed by atoms with E-state index in [1.165, 1.54) is 62.4 Å². The van der Waals surface area contributed by atoms with E-state index < -0.39 is 23.6 Å². The summed E-state index contributed by atoms with van der Waals surface area (Å²) in [5.74, 6) is -1.34. The molecule has 260 valence electrons. The van der Waals surface area contributed by atoms with E-state index in [-0.39, 0.29) is 35.5 Å².